The molecule has 3 atom stereocenters. The van der Waals surface area contributed by atoms with Gasteiger partial charge in [-0.1, -0.05) is 30.3 Å². The van der Waals surface area contributed by atoms with E-state index in [4.69, 9.17) is 10.5 Å². The van der Waals surface area contributed by atoms with Gasteiger partial charge in [-0.25, -0.2) is 4.98 Å². The molecule has 0 amide bonds. The van der Waals surface area contributed by atoms with Gasteiger partial charge in [0.1, 0.15) is 12.3 Å². The van der Waals surface area contributed by atoms with E-state index in [1.807, 2.05) is 42.5 Å². The Morgan fingerprint density at radius 1 is 1.23 bits per heavy atom. The molecule has 6 N–H and O–H groups in total. The topological polar surface area (TPSA) is 151 Å². The molecule has 30 heavy (non-hydrogen) atoms. The normalized spacial score (nSPS) is 21.5. The molecular formula is C20H20N6O4. The second-order valence-electron chi connectivity index (χ2n) is 7.23. The number of nitrogens with zero attached hydrogens (tertiary/aromatic N) is 3. The highest BCUT2D eigenvalue weighted by atomic mass is 16.5. The molecule has 10 heteroatoms. The second kappa shape index (κ2) is 7.10. The predicted octanol–water partition coefficient (Wildman–Crippen LogP) is 1.24. The number of aromatic nitrogens is 4. The molecule has 0 aliphatic carbocycles. The summed E-state index contributed by atoms with van der Waals surface area (Å²) in [6.07, 6.45) is -2.07. The van der Waals surface area contributed by atoms with Gasteiger partial charge in [0, 0.05) is 12.1 Å². The van der Waals surface area contributed by atoms with Crippen molar-refractivity contribution in [3.63, 3.8) is 0 Å². The van der Waals surface area contributed by atoms with Crippen LogP contribution in [0.4, 0.5) is 17.6 Å². The van der Waals surface area contributed by atoms with E-state index in [-0.39, 0.29) is 30.1 Å². The zero-order valence-electron chi connectivity index (χ0n) is 15.8. The van der Waals surface area contributed by atoms with E-state index in [0.717, 1.165) is 16.5 Å². The van der Waals surface area contributed by atoms with Gasteiger partial charge in [0.2, 0.25) is 11.9 Å². The van der Waals surface area contributed by atoms with E-state index in [2.05, 4.69) is 20.3 Å². The number of nitrogens with one attached hydrogen (secondary N) is 2. The van der Waals surface area contributed by atoms with Crippen molar-refractivity contribution in [1.29, 1.82) is 0 Å². The minimum Gasteiger partial charge on any atom is -0.394 e. The summed E-state index contributed by atoms with van der Waals surface area (Å²) >= 11 is 0. The highest BCUT2D eigenvalue weighted by Crippen LogP contribution is 2.34. The van der Waals surface area contributed by atoms with Crippen molar-refractivity contribution >= 4 is 39.5 Å². The van der Waals surface area contributed by atoms with E-state index in [1.54, 1.807) is 4.57 Å². The number of ether oxygens (including phenoxy) is 1. The monoisotopic (exact) mass is 408 g/mol. The molecule has 5 rings (SSSR count). The number of aliphatic hydroxyl groups is 2. The van der Waals surface area contributed by atoms with Crippen molar-refractivity contribution < 1.29 is 14.9 Å². The molecule has 0 spiro atoms. The van der Waals surface area contributed by atoms with Crippen LogP contribution in [0.5, 0.6) is 0 Å². The number of rotatable bonds is 4. The molecule has 3 heterocycles. The van der Waals surface area contributed by atoms with Crippen LogP contribution in [0.3, 0.4) is 0 Å². The Morgan fingerprint density at radius 3 is 2.80 bits per heavy atom. The molecule has 2 aromatic carbocycles. The molecule has 0 bridgehead atoms. The Morgan fingerprint density at radius 2 is 2.03 bits per heavy atom. The molecule has 4 aromatic rings. The fourth-order valence-corrected chi connectivity index (χ4v) is 3.80. The third-order valence-corrected chi connectivity index (χ3v) is 5.25. The van der Waals surface area contributed by atoms with E-state index in [1.165, 1.54) is 0 Å². The van der Waals surface area contributed by atoms with Crippen LogP contribution >= 0.6 is 0 Å². The van der Waals surface area contributed by atoms with Crippen LogP contribution in [0.15, 0.2) is 47.3 Å². The van der Waals surface area contributed by atoms with Crippen LogP contribution in [0.2, 0.25) is 0 Å². The molecule has 1 aliphatic rings. The summed E-state index contributed by atoms with van der Waals surface area (Å²) in [6, 6.07) is 13.8. The Kier molecular flexibility index (Phi) is 4.39. The van der Waals surface area contributed by atoms with E-state index >= 15 is 0 Å². The number of aromatic amines is 1. The molecule has 154 valence electrons. The summed E-state index contributed by atoms with van der Waals surface area (Å²) in [5, 5.41) is 25.0. The van der Waals surface area contributed by atoms with E-state index < -0.39 is 24.0 Å². The van der Waals surface area contributed by atoms with Gasteiger partial charge < -0.3 is 26.0 Å². The first-order chi connectivity index (χ1) is 14.5. The van der Waals surface area contributed by atoms with Crippen LogP contribution in [-0.4, -0.2) is 48.5 Å². The molecule has 2 aromatic heterocycles. The molecule has 0 radical (unpaired) electrons. The lowest BCUT2D eigenvalue weighted by Gasteiger charge is -2.17. The number of H-pyrrole nitrogens is 1. The number of hydrogen-bond donors (Lipinski definition) is 5. The number of fused-ring (bicyclic) bond motifs is 2. The van der Waals surface area contributed by atoms with Gasteiger partial charge in [-0.05, 0) is 22.9 Å². The Labute approximate surface area is 170 Å². The first-order valence-electron chi connectivity index (χ1n) is 9.51. The molecule has 10 nitrogen and oxygen atoms in total. The van der Waals surface area contributed by atoms with Gasteiger partial charge >= 0.3 is 0 Å². The minimum absolute atomic E-state index is 0.0526. The van der Waals surface area contributed by atoms with Crippen molar-refractivity contribution in [1.82, 2.24) is 19.5 Å². The lowest BCUT2D eigenvalue weighted by Crippen LogP contribution is -2.24. The number of aliphatic hydroxyl groups excluding tert-OH is 2. The summed E-state index contributed by atoms with van der Waals surface area (Å²) in [4.78, 5) is 23.5. The SMILES string of the molecule is Nc1nc2c(nc(Nc3ccc4ccccc4c3)n2[C@H]2C[C@H](O)[C@@H](CO)O2)c(=O)[nH]1. The third-order valence-electron chi connectivity index (χ3n) is 5.25. The summed E-state index contributed by atoms with van der Waals surface area (Å²) in [7, 11) is 0. The Hall–Kier alpha value is -3.47. The van der Waals surface area contributed by atoms with Crippen molar-refractivity contribution in [2.45, 2.75) is 24.9 Å². The fraction of sp³-hybridized carbons (Fsp3) is 0.250. The largest absolute Gasteiger partial charge is 0.394 e. The number of hydrogen-bond acceptors (Lipinski definition) is 8. The summed E-state index contributed by atoms with van der Waals surface area (Å²) < 4.78 is 7.39. The zero-order chi connectivity index (χ0) is 20.8. The zero-order valence-corrected chi connectivity index (χ0v) is 15.8. The minimum atomic E-state index is -0.856. The van der Waals surface area contributed by atoms with Crippen LogP contribution in [-0.2, 0) is 4.74 Å². The van der Waals surface area contributed by atoms with Gasteiger partial charge in [0.25, 0.3) is 5.56 Å². The quantitative estimate of drug-likeness (QED) is 0.338. The summed E-state index contributed by atoms with van der Waals surface area (Å²) in [6.45, 7) is -0.326. The first-order valence-corrected chi connectivity index (χ1v) is 9.51. The second-order valence-corrected chi connectivity index (χ2v) is 7.23. The Bertz CT molecular complexity index is 1300. The number of nitrogens with two attached hydrogens (primary N) is 1. The summed E-state index contributed by atoms with van der Waals surface area (Å²) in [5.74, 6) is 0.267. The van der Waals surface area contributed by atoms with Crippen LogP contribution < -0.4 is 16.6 Å². The highest BCUT2D eigenvalue weighted by molar-refractivity contribution is 5.86. The van der Waals surface area contributed by atoms with Crippen LogP contribution in [0.1, 0.15) is 12.6 Å². The van der Waals surface area contributed by atoms with Crippen molar-refractivity contribution in [2.75, 3.05) is 17.7 Å². The Balaban J connectivity index is 1.63. The van der Waals surface area contributed by atoms with Crippen molar-refractivity contribution in [3.8, 4) is 0 Å². The first kappa shape index (κ1) is 18.6. The maximum absolute atomic E-state index is 12.4. The van der Waals surface area contributed by atoms with Gasteiger partial charge in [0.15, 0.2) is 11.2 Å². The lowest BCUT2D eigenvalue weighted by molar-refractivity contribution is -0.0425. The third kappa shape index (κ3) is 3.07. The molecular weight excluding hydrogens is 388 g/mol. The standard InChI is InChI=1S/C20H20N6O4/c21-19-24-17-16(18(29)25-19)23-20(26(17)15-8-13(28)14(9-27)30-15)22-12-6-5-10-3-1-2-4-11(10)7-12/h1-7,13-15,27-28H,8-9H2,(H,22,23)(H3,21,24,25,29)/t13-,14+,15+/m0/s1. The molecule has 0 saturated carbocycles. The number of benzene rings is 2. The van der Waals surface area contributed by atoms with E-state index in [0.29, 0.717) is 5.95 Å². The maximum Gasteiger partial charge on any atom is 0.280 e. The highest BCUT2D eigenvalue weighted by Gasteiger charge is 2.37. The van der Waals surface area contributed by atoms with Gasteiger partial charge in [-0.2, -0.15) is 4.98 Å². The molecule has 1 saturated heterocycles. The smallest absolute Gasteiger partial charge is 0.280 e. The lowest BCUT2D eigenvalue weighted by atomic mass is 10.1. The average Bonchev–Trinajstić information content (AvgIpc) is 3.27. The maximum atomic E-state index is 12.4. The van der Waals surface area contributed by atoms with E-state index in [9.17, 15) is 15.0 Å². The van der Waals surface area contributed by atoms with Crippen LogP contribution in [0, 0.1) is 0 Å². The van der Waals surface area contributed by atoms with Gasteiger partial charge in [-0.3, -0.25) is 14.3 Å². The van der Waals surface area contributed by atoms with Crippen LogP contribution in [0.25, 0.3) is 21.9 Å². The number of imidazole rings is 1. The summed E-state index contributed by atoms with van der Waals surface area (Å²) in [5.41, 5.74) is 6.35. The molecule has 0 unspecified atom stereocenters. The molecule has 1 aliphatic heterocycles. The predicted molar refractivity (Wildman–Crippen MR) is 111 cm³/mol. The number of nitrogen functional groups attached to an aromatic ring is 1. The van der Waals surface area contributed by atoms with Crippen molar-refractivity contribution in [3.05, 3.63) is 52.8 Å². The average molecular weight is 408 g/mol. The number of anilines is 3. The van der Waals surface area contributed by atoms with Crippen molar-refractivity contribution in [2.24, 2.45) is 0 Å². The van der Waals surface area contributed by atoms with Gasteiger partial charge in [-0.15, -0.1) is 0 Å². The molecule has 1 fully saturated rings. The van der Waals surface area contributed by atoms with Gasteiger partial charge in [0.05, 0.1) is 12.7 Å². The fourth-order valence-electron chi connectivity index (χ4n) is 3.80.